The van der Waals surface area contributed by atoms with Gasteiger partial charge in [-0.2, -0.15) is 11.8 Å². The second-order valence-electron chi connectivity index (χ2n) is 4.30. The Balaban J connectivity index is 1.87. The summed E-state index contributed by atoms with van der Waals surface area (Å²) in [7, 11) is 0. The molecule has 0 radical (unpaired) electrons. The average molecular weight is 286 g/mol. The third kappa shape index (κ3) is 3.59. The van der Waals surface area contributed by atoms with Crippen LogP contribution in [0.4, 0.5) is 0 Å². The van der Waals surface area contributed by atoms with Gasteiger partial charge in [-0.3, -0.25) is 4.79 Å². The van der Waals surface area contributed by atoms with Crippen molar-refractivity contribution in [3.05, 3.63) is 23.0 Å². The highest BCUT2D eigenvalue weighted by molar-refractivity contribution is 7.99. The molecule has 1 heterocycles. The van der Waals surface area contributed by atoms with Gasteiger partial charge < -0.3 is 5.32 Å². The lowest BCUT2D eigenvalue weighted by atomic mass is 10.2. The van der Waals surface area contributed by atoms with Crippen LogP contribution in [0.15, 0.2) is 12.1 Å². The van der Waals surface area contributed by atoms with Crippen LogP contribution in [0.2, 0.25) is 5.15 Å². The van der Waals surface area contributed by atoms with E-state index in [-0.39, 0.29) is 11.9 Å². The summed E-state index contributed by atoms with van der Waals surface area (Å²) in [6, 6.07) is 3.44. The van der Waals surface area contributed by atoms with Crippen molar-refractivity contribution in [2.24, 2.45) is 0 Å². The molecule has 2 rings (SSSR count). The summed E-state index contributed by atoms with van der Waals surface area (Å²) in [5, 5.41) is 11.4. The van der Waals surface area contributed by atoms with E-state index in [0.29, 0.717) is 16.1 Å². The largest absolute Gasteiger partial charge is 0.348 e. The maximum absolute atomic E-state index is 11.9. The lowest BCUT2D eigenvalue weighted by Gasteiger charge is -2.12. The Bertz CT molecular complexity index is 412. The number of carbonyl (C=O) groups is 1. The molecule has 1 aliphatic carbocycles. The van der Waals surface area contributed by atoms with Gasteiger partial charge in [-0.05, 0) is 37.1 Å². The molecule has 1 N–H and O–H groups in total. The van der Waals surface area contributed by atoms with E-state index >= 15 is 0 Å². The maximum atomic E-state index is 11.9. The number of rotatable bonds is 4. The molecule has 0 aliphatic heterocycles. The lowest BCUT2D eigenvalue weighted by Crippen LogP contribution is -2.33. The van der Waals surface area contributed by atoms with E-state index in [0.717, 1.165) is 18.6 Å². The Labute approximate surface area is 116 Å². The Morgan fingerprint density at radius 2 is 2.33 bits per heavy atom. The van der Waals surface area contributed by atoms with Gasteiger partial charge >= 0.3 is 0 Å². The normalized spacial score (nSPS) is 23.0. The van der Waals surface area contributed by atoms with Crippen molar-refractivity contribution in [2.45, 2.75) is 37.5 Å². The van der Waals surface area contributed by atoms with Crippen LogP contribution in [-0.4, -0.2) is 33.1 Å². The summed E-state index contributed by atoms with van der Waals surface area (Å²) in [5.74, 6) is 0.972. The van der Waals surface area contributed by atoms with Crippen LogP contribution in [0.5, 0.6) is 0 Å². The van der Waals surface area contributed by atoms with E-state index in [1.54, 1.807) is 12.1 Å². The number of amides is 1. The smallest absolute Gasteiger partial charge is 0.272 e. The summed E-state index contributed by atoms with van der Waals surface area (Å²) >= 11 is 7.60. The molecular weight excluding hydrogens is 270 g/mol. The lowest BCUT2D eigenvalue weighted by molar-refractivity contribution is 0.0932. The second kappa shape index (κ2) is 6.38. The summed E-state index contributed by atoms with van der Waals surface area (Å²) in [6.45, 7) is 2.17. The molecule has 1 aliphatic rings. The van der Waals surface area contributed by atoms with Crippen molar-refractivity contribution < 1.29 is 4.79 Å². The fourth-order valence-electron chi connectivity index (χ4n) is 2.15. The van der Waals surface area contributed by atoms with Crippen molar-refractivity contribution in [2.75, 3.05) is 5.75 Å². The molecule has 1 fully saturated rings. The molecular formula is C12H16ClN3OS. The van der Waals surface area contributed by atoms with E-state index in [1.807, 2.05) is 11.8 Å². The predicted molar refractivity (Wildman–Crippen MR) is 74.1 cm³/mol. The van der Waals surface area contributed by atoms with Gasteiger partial charge in [0, 0.05) is 11.3 Å². The molecule has 4 nitrogen and oxygen atoms in total. The molecule has 18 heavy (non-hydrogen) atoms. The summed E-state index contributed by atoms with van der Waals surface area (Å²) in [4.78, 5) is 11.9. The Morgan fingerprint density at radius 1 is 1.50 bits per heavy atom. The minimum Gasteiger partial charge on any atom is -0.348 e. The Morgan fingerprint density at radius 3 is 3.00 bits per heavy atom. The third-order valence-corrected chi connectivity index (χ3v) is 4.42. The van der Waals surface area contributed by atoms with Crippen LogP contribution in [-0.2, 0) is 0 Å². The predicted octanol–water partition coefficient (Wildman–Crippen LogP) is 2.53. The molecule has 1 aromatic rings. The van der Waals surface area contributed by atoms with E-state index in [9.17, 15) is 4.79 Å². The first-order chi connectivity index (χ1) is 8.69. The van der Waals surface area contributed by atoms with E-state index in [1.165, 1.54) is 6.42 Å². The average Bonchev–Trinajstić information content (AvgIpc) is 2.78. The summed E-state index contributed by atoms with van der Waals surface area (Å²) in [6.07, 6.45) is 3.27. The molecule has 2 unspecified atom stereocenters. The SMILES string of the molecule is CCSC1CCC(NC(=O)c2ccc(Cl)nn2)C1. The molecule has 0 bridgehead atoms. The highest BCUT2D eigenvalue weighted by Gasteiger charge is 2.26. The molecule has 6 heteroatoms. The number of thioether (sulfide) groups is 1. The molecule has 98 valence electrons. The molecule has 2 atom stereocenters. The number of nitrogens with zero attached hydrogens (tertiary/aromatic N) is 2. The van der Waals surface area contributed by atoms with Gasteiger partial charge in [0.05, 0.1) is 0 Å². The quantitative estimate of drug-likeness (QED) is 0.924. The number of halogens is 1. The number of hydrogen-bond acceptors (Lipinski definition) is 4. The van der Waals surface area contributed by atoms with E-state index in [4.69, 9.17) is 11.6 Å². The first kappa shape index (κ1) is 13.6. The standard InChI is InChI=1S/C12H16ClN3OS/c1-2-18-9-4-3-8(7-9)14-12(17)10-5-6-11(13)16-15-10/h5-6,8-9H,2-4,7H2,1H3,(H,14,17). The van der Waals surface area contributed by atoms with Gasteiger partial charge in [-0.1, -0.05) is 18.5 Å². The molecule has 0 aromatic carbocycles. The molecule has 1 saturated carbocycles. The van der Waals surface area contributed by atoms with Gasteiger partial charge in [0.25, 0.3) is 5.91 Å². The number of aromatic nitrogens is 2. The zero-order chi connectivity index (χ0) is 13.0. The van der Waals surface area contributed by atoms with Crippen LogP contribution in [0, 0.1) is 0 Å². The summed E-state index contributed by atoms with van der Waals surface area (Å²) in [5.41, 5.74) is 0.325. The molecule has 1 amide bonds. The monoisotopic (exact) mass is 285 g/mol. The van der Waals surface area contributed by atoms with Crippen molar-refractivity contribution >= 4 is 29.3 Å². The molecule has 1 aromatic heterocycles. The summed E-state index contributed by atoms with van der Waals surface area (Å²) < 4.78 is 0. The fraction of sp³-hybridized carbons (Fsp3) is 0.583. The van der Waals surface area contributed by atoms with Crippen LogP contribution >= 0.6 is 23.4 Å². The van der Waals surface area contributed by atoms with Crippen molar-refractivity contribution in [3.8, 4) is 0 Å². The van der Waals surface area contributed by atoms with Gasteiger partial charge in [-0.25, -0.2) is 0 Å². The zero-order valence-corrected chi connectivity index (χ0v) is 11.8. The van der Waals surface area contributed by atoms with Gasteiger partial charge in [0.1, 0.15) is 0 Å². The molecule has 0 saturated heterocycles. The van der Waals surface area contributed by atoms with Gasteiger partial charge in [-0.15, -0.1) is 10.2 Å². The van der Waals surface area contributed by atoms with Crippen molar-refractivity contribution in [1.29, 1.82) is 0 Å². The number of carbonyl (C=O) groups excluding carboxylic acids is 1. The Hall–Kier alpha value is -0.810. The molecule has 0 spiro atoms. The minimum atomic E-state index is -0.161. The van der Waals surface area contributed by atoms with Gasteiger partial charge in [0.15, 0.2) is 10.8 Å². The van der Waals surface area contributed by atoms with Crippen molar-refractivity contribution in [1.82, 2.24) is 15.5 Å². The Kier molecular flexibility index (Phi) is 4.83. The fourth-order valence-corrected chi connectivity index (χ4v) is 3.40. The highest BCUT2D eigenvalue weighted by atomic mass is 35.5. The first-order valence-electron chi connectivity index (χ1n) is 6.10. The first-order valence-corrected chi connectivity index (χ1v) is 7.53. The van der Waals surface area contributed by atoms with Crippen LogP contribution in [0.1, 0.15) is 36.7 Å². The maximum Gasteiger partial charge on any atom is 0.272 e. The minimum absolute atomic E-state index is 0.161. The zero-order valence-electron chi connectivity index (χ0n) is 10.2. The second-order valence-corrected chi connectivity index (χ2v) is 6.27. The number of nitrogens with one attached hydrogen (secondary N) is 1. The van der Waals surface area contributed by atoms with E-state index < -0.39 is 0 Å². The van der Waals surface area contributed by atoms with Gasteiger partial charge in [0.2, 0.25) is 0 Å². The van der Waals surface area contributed by atoms with Crippen LogP contribution in [0.3, 0.4) is 0 Å². The van der Waals surface area contributed by atoms with Crippen molar-refractivity contribution in [3.63, 3.8) is 0 Å². The van der Waals surface area contributed by atoms with Crippen LogP contribution < -0.4 is 5.32 Å². The van der Waals surface area contributed by atoms with E-state index in [2.05, 4.69) is 22.4 Å². The van der Waals surface area contributed by atoms with Crippen LogP contribution in [0.25, 0.3) is 0 Å². The third-order valence-electron chi connectivity index (χ3n) is 2.99. The number of hydrogen-bond donors (Lipinski definition) is 1. The topological polar surface area (TPSA) is 54.9 Å². The highest BCUT2D eigenvalue weighted by Crippen LogP contribution is 2.29.